The summed E-state index contributed by atoms with van der Waals surface area (Å²) in [7, 11) is 0. The number of aliphatic hydroxyl groups is 3. The minimum absolute atomic E-state index is 0.156. The molecule has 0 spiro atoms. The third kappa shape index (κ3) is 2.23. The van der Waals surface area contributed by atoms with E-state index in [2.05, 4.69) is 10.3 Å². The topological polar surface area (TPSA) is 98.8 Å². The molecule has 0 aliphatic carbocycles. The Bertz CT molecular complexity index is 452. The van der Waals surface area contributed by atoms with E-state index < -0.39 is 25.4 Å². The van der Waals surface area contributed by atoms with Crippen LogP contribution in [0.1, 0.15) is 0 Å². The van der Waals surface area contributed by atoms with Crippen molar-refractivity contribution in [1.29, 1.82) is 0 Å². The van der Waals surface area contributed by atoms with Gasteiger partial charge in [-0.3, -0.25) is 0 Å². The van der Waals surface area contributed by atoms with Crippen molar-refractivity contribution >= 4 is 17.1 Å². The van der Waals surface area contributed by atoms with E-state index in [-0.39, 0.29) is 6.01 Å². The van der Waals surface area contributed by atoms with Gasteiger partial charge >= 0.3 is 0 Å². The van der Waals surface area contributed by atoms with E-state index in [9.17, 15) is 0 Å². The van der Waals surface area contributed by atoms with Gasteiger partial charge in [0.1, 0.15) is 11.1 Å². The van der Waals surface area contributed by atoms with Crippen LogP contribution in [-0.2, 0) is 0 Å². The van der Waals surface area contributed by atoms with E-state index in [4.69, 9.17) is 19.7 Å². The summed E-state index contributed by atoms with van der Waals surface area (Å²) in [5, 5.41) is 30.2. The Labute approximate surface area is 97.5 Å². The van der Waals surface area contributed by atoms with Gasteiger partial charge in [0.15, 0.2) is 5.58 Å². The van der Waals surface area contributed by atoms with E-state index >= 15 is 0 Å². The van der Waals surface area contributed by atoms with Crippen LogP contribution in [0.5, 0.6) is 0 Å². The lowest BCUT2D eigenvalue weighted by Crippen LogP contribution is -2.49. The summed E-state index contributed by atoms with van der Waals surface area (Å²) >= 11 is 0. The molecule has 0 aliphatic rings. The number of hydrogen-bond donors (Lipinski definition) is 4. The van der Waals surface area contributed by atoms with Crippen molar-refractivity contribution in [1.82, 2.24) is 4.98 Å². The van der Waals surface area contributed by atoms with Crippen LogP contribution in [0, 0.1) is 0 Å². The predicted molar refractivity (Wildman–Crippen MR) is 61.6 cm³/mol. The molecule has 0 bridgehead atoms. The van der Waals surface area contributed by atoms with Crippen LogP contribution in [0.15, 0.2) is 28.7 Å². The molecule has 6 heteroatoms. The second kappa shape index (κ2) is 4.70. The summed E-state index contributed by atoms with van der Waals surface area (Å²) in [6.07, 6.45) is 0. The number of fused-ring (bicyclic) bond motifs is 1. The SMILES string of the molecule is OCC(CO)(CO)Nc1nc2ccccc2o1. The summed E-state index contributed by atoms with van der Waals surface area (Å²) in [5.41, 5.74) is 0.0244. The van der Waals surface area contributed by atoms with Crippen molar-refractivity contribution in [3.63, 3.8) is 0 Å². The first kappa shape index (κ1) is 11.8. The number of hydrogen-bond acceptors (Lipinski definition) is 6. The number of nitrogens with zero attached hydrogens (tertiary/aromatic N) is 1. The maximum absolute atomic E-state index is 9.16. The van der Waals surface area contributed by atoms with Crippen LogP contribution in [0.25, 0.3) is 11.1 Å². The number of rotatable bonds is 5. The number of para-hydroxylation sites is 2. The van der Waals surface area contributed by atoms with Crippen LogP contribution in [0.2, 0.25) is 0 Å². The smallest absolute Gasteiger partial charge is 0.296 e. The molecular formula is C11H14N2O4. The van der Waals surface area contributed by atoms with Gasteiger partial charge in [0.25, 0.3) is 6.01 Å². The second-order valence-electron chi connectivity index (χ2n) is 3.87. The molecule has 4 N–H and O–H groups in total. The summed E-state index contributed by atoms with van der Waals surface area (Å²) in [5.74, 6) is 0. The van der Waals surface area contributed by atoms with Gasteiger partial charge in [0.2, 0.25) is 0 Å². The third-order valence-corrected chi connectivity index (χ3v) is 2.57. The molecule has 0 amide bonds. The summed E-state index contributed by atoms with van der Waals surface area (Å²) in [6.45, 7) is -1.30. The molecule has 92 valence electrons. The average molecular weight is 238 g/mol. The van der Waals surface area contributed by atoms with Gasteiger partial charge in [-0.05, 0) is 12.1 Å². The van der Waals surface area contributed by atoms with Crippen molar-refractivity contribution in [2.75, 3.05) is 25.1 Å². The van der Waals surface area contributed by atoms with Crippen molar-refractivity contribution in [3.05, 3.63) is 24.3 Å². The fourth-order valence-corrected chi connectivity index (χ4v) is 1.42. The predicted octanol–water partition coefficient (Wildman–Crippen LogP) is -0.0446. The molecule has 1 aromatic heterocycles. The fourth-order valence-electron chi connectivity index (χ4n) is 1.42. The zero-order valence-corrected chi connectivity index (χ0v) is 9.13. The van der Waals surface area contributed by atoms with Gasteiger partial charge in [0, 0.05) is 0 Å². The van der Waals surface area contributed by atoms with Gasteiger partial charge in [0.05, 0.1) is 19.8 Å². The Balaban J connectivity index is 2.28. The highest BCUT2D eigenvalue weighted by Crippen LogP contribution is 2.21. The highest BCUT2D eigenvalue weighted by Gasteiger charge is 2.29. The molecule has 6 nitrogen and oxygen atoms in total. The van der Waals surface area contributed by atoms with Gasteiger partial charge in [-0.2, -0.15) is 4.98 Å². The molecule has 0 unspecified atom stereocenters. The summed E-state index contributed by atoms with van der Waals surface area (Å²) < 4.78 is 5.37. The molecule has 0 aliphatic heterocycles. The van der Waals surface area contributed by atoms with E-state index in [1.807, 2.05) is 12.1 Å². The molecule has 2 rings (SSSR count). The molecule has 0 saturated carbocycles. The van der Waals surface area contributed by atoms with Crippen molar-refractivity contribution < 1.29 is 19.7 Å². The van der Waals surface area contributed by atoms with Crippen molar-refractivity contribution in [2.24, 2.45) is 0 Å². The molecule has 0 saturated heterocycles. The van der Waals surface area contributed by atoms with Crippen molar-refractivity contribution in [2.45, 2.75) is 5.54 Å². The minimum Gasteiger partial charge on any atom is -0.424 e. The second-order valence-corrected chi connectivity index (χ2v) is 3.87. The number of anilines is 1. The van der Waals surface area contributed by atoms with Crippen LogP contribution >= 0.6 is 0 Å². The van der Waals surface area contributed by atoms with Gasteiger partial charge in [-0.15, -0.1) is 0 Å². The highest BCUT2D eigenvalue weighted by atomic mass is 16.4. The number of aliphatic hydroxyl groups excluding tert-OH is 3. The number of aromatic nitrogens is 1. The first-order valence-electron chi connectivity index (χ1n) is 5.19. The normalized spacial score (nSPS) is 11.9. The zero-order chi connectivity index (χ0) is 12.3. The quantitative estimate of drug-likeness (QED) is 0.583. The largest absolute Gasteiger partial charge is 0.424 e. The Kier molecular flexibility index (Phi) is 3.28. The molecule has 0 radical (unpaired) electrons. The van der Waals surface area contributed by atoms with Gasteiger partial charge in [-0.1, -0.05) is 12.1 Å². The third-order valence-electron chi connectivity index (χ3n) is 2.57. The van der Waals surface area contributed by atoms with Crippen LogP contribution < -0.4 is 5.32 Å². The van der Waals surface area contributed by atoms with E-state index in [1.165, 1.54) is 0 Å². The lowest BCUT2D eigenvalue weighted by atomic mass is 10.0. The Morgan fingerprint density at radius 1 is 1.12 bits per heavy atom. The Morgan fingerprint density at radius 3 is 2.35 bits per heavy atom. The molecular weight excluding hydrogens is 224 g/mol. The Hall–Kier alpha value is -1.63. The molecule has 1 aromatic carbocycles. The number of oxazole rings is 1. The van der Waals surface area contributed by atoms with E-state index in [0.29, 0.717) is 11.1 Å². The lowest BCUT2D eigenvalue weighted by Gasteiger charge is -2.27. The minimum atomic E-state index is -1.24. The first-order valence-corrected chi connectivity index (χ1v) is 5.19. The molecule has 1 heterocycles. The molecule has 2 aromatic rings. The fraction of sp³-hybridized carbons (Fsp3) is 0.364. The highest BCUT2D eigenvalue weighted by molar-refractivity contribution is 5.74. The zero-order valence-electron chi connectivity index (χ0n) is 9.13. The summed E-state index contributed by atoms with van der Waals surface area (Å²) in [6, 6.07) is 7.33. The van der Waals surface area contributed by atoms with Gasteiger partial charge in [-0.25, -0.2) is 0 Å². The Morgan fingerprint density at radius 2 is 1.76 bits per heavy atom. The van der Waals surface area contributed by atoms with Crippen molar-refractivity contribution in [3.8, 4) is 0 Å². The molecule has 0 fully saturated rings. The lowest BCUT2D eigenvalue weighted by molar-refractivity contribution is 0.0817. The first-order chi connectivity index (χ1) is 8.23. The van der Waals surface area contributed by atoms with E-state index in [0.717, 1.165) is 0 Å². The monoisotopic (exact) mass is 238 g/mol. The number of benzene rings is 1. The van der Waals surface area contributed by atoms with E-state index in [1.54, 1.807) is 12.1 Å². The van der Waals surface area contributed by atoms with Crippen LogP contribution in [-0.4, -0.2) is 45.7 Å². The van der Waals surface area contributed by atoms with Gasteiger partial charge < -0.3 is 25.1 Å². The van der Waals surface area contributed by atoms with Crippen LogP contribution in [0.4, 0.5) is 6.01 Å². The standard InChI is InChI=1S/C11H14N2O4/c14-5-11(6-15,7-16)13-10-12-8-3-1-2-4-9(8)17-10/h1-4,14-16H,5-7H2,(H,12,13). The molecule has 0 atom stereocenters. The maximum atomic E-state index is 9.16. The van der Waals surface area contributed by atoms with Crippen LogP contribution in [0.3, 0.4) is 0 Å². The number of nitrogens with one attached hydrogen (secondary N) is 1. The average Bonchev–Trinajstić information content (AvgIpc) is 2.78. The maximum Gasteiger partial charge on any atom is 0.296 e. The molecule has 17 heavy (non-hydrogen) atoms. The summed E-state index contributed by atoms with van der Waals surface area (Å²) in [4.78, 5) is 4.13.